The molecule has 0 saturated carbocycles. The Labute approximate surface area is 188 Å². The number of nitrogens with zero attached hydrogens (tertiary/aromatic N) is 1. The molecule has 12 N–H and O–H groups in total. The minimum atomic E-state index is -1.22. The van der Waals surface area contributed by atoms with Crippen LogP contribution in [0.3, 0.4) is 0 Å². The summed E-state index contributed by atoms with van der Waals surface area (Å²) in [5.41, 5.74) is 21.7. The van der Waals surface area contributed by atoms with Gasteiger partial charge in [0.2, 0.25) is 17.7 Å². The van der Waals surface area contributed by atoms with Gasteiger partial charge in [0.1, 0.15) is 12.1 Å². The molecule has 0 radical (unpaired) electrons. The molecule has 0 aromatic heterocycles. The van der Waals surface area contributed by atoms with Crippen LogP contribution in [0.2, 0.25) is 0 Å². The van der Waals surface area contributed by atoms with Gasteiger partial charge in [0.25, 0.3) is 0 Å². The number of hydrogen-bond donors (Lipinski definition) is 8. The minimum Gasteiger partial charge on any atom is -0.480 e. The lowest BCUT2D eigenvalue weighted by atomic mass is 10.1. The number of carboxylic acids is 1. The number of aliphatic carboxylic acids is 1. The number of nitrogens with two attached hydrogens (primary N) is 4. The largest absolute Gasteiger partial charge is 0.480 e. The summed E-state index contributed by atoms with van der Waals surface area (Å²) in [6, 6.07) is -2.92. The number of aliphatic imine (C=N–C) groups is 1. The fourth-order valence-electron chi connectivity index (χ4n) is 2.63. The molecule has 0 spiro atoms. The molecule has 0 aliphatic heterocycles. The summed E-state index contributed by atoms with van der Waals surface area (Å²) in [7, 11) is 0. The molecule has 0 aromatic rings. The van der Waals surface area contributed by atoms with E-state index >= 15 is 0 Å². The molecule has 3 unspecified atom stereocenters. The van der Waals surface area contributed by atoms with Gasteiger partial charge in [-0.3, -0.25) is 19.4 Å². The maximum absolute atomic E-state index is 12.7. The molecule has 0 rings (SSSR count). The lowest BCUT2D eigenvalue weighted by molar-refractivity contribution is -0.142. The third-order valence-corrected chi connectivity index (χ3v) is 4.60. The number of unbranched alkanes of at least 4 members (excludes halogenated alkanes) is 1. The summed E-state index contributed by atoms with van der Waals surface area (Å²) >= 11 is 0. The number of guanidine groups is 1. The Bertz CT molecular complexity index is 652. The number of carbonyl (C=O) groups is 4. The van der Waals surface area contributed by atoms with E-state index in [1.807, 2.05) is 0 Å². The third kappa shape index (κ3) is 12.7. The van der Waals surface area contributed by atoms with Crippen molar-refractivity contribution >= 4 is 29.7 Å². The molecule has 32 heavy (non-hydrogen) atoms. The Morgan fingerprint density at radius 1 is 0.938 bits per heavy atom. The summed E-state index contributed by atoms with van der Waals surface area (Å²) in [5.74, 6) is -3.15. The molecule has 0 bridgehead atoms. The topological polar surface area (TPSA) is 241 Å². The molecule has 0 aliphatic rings. The maximum Gasteiger partial charge on any atom is 0.326 e. The van der Waals surface area contributed by atoms with Crippen molar-refractivity contribution in [2.75, 3.05) is 19.6 Å². The number of carboxylic acid groups (broad SMARTS) is 1. The molecule has 184 valence electrons. The standard InChI is InChI=1S/C19H38N8O5/c1-11(2)15(21)17(30)25-10-14(28)26-12(6-3-4-8-20)16(29)27-13(18(31)32)7-5-9-24-19(22)23/h11-13,15H,3-10,20-21H2,1-2H3,(H,25,30)(H,26,28)(H,27,29)(H,31,32)(H4,22,23,24). The molecule has 0 aromatic carbocycles. The molecule has 0 fully saturated rings. The van der Waals surface area contributed by atoms with E-state index in [2.05, 4.69) is 20.9 Å². The van der Waals surface area contributed by atoms with Gasteiger partial charge < -0.3 is 44.0 Å². The monoisotopic (exact) mass is 458 g/mol. The van der Waals surface area contributed by atoms with Crippen molar-refractivity contribution < 1.29 is 24.3 Å². The molecule has 3 amide bonds. The second-order valence-electron chi connectivity index (χ2n) is 7.74. The molecule has 13 heteroatoms. The number of hydrogen-bond acceptors (Lipinski definition) is 7. The van der Waals surface area contributed by atoms with Crippen LogP contribution < -0.4 is 38.9 Å². The first-order valence-corrected chi connectivity index (χ1v) is 10.6. The fourth-order valence-corrected chi connectivity index (χ4v) is 2.63. The van der Waals surface area contributed by atoms with Crippen LogP contribution in [-0.4, -0.2) is 72.5 Å². The smallest absolute Gasteiger partial charge is 0.326 e. The Balaban J connectivity index is 4.95. The van der Waals surface area contributed by atoms with Crippen molar-refractivity contribution in [2.45, 2.75) is 64.1 Å². The Morgan fingerprint density at radius 2 is 1.56 bits per heavy atom. The van der Waals surface area contributed by atoms with Crippen molar-refractivity contribution in [1.29, 1.82) is 0 Å². The van der Waals surface area contributed by atoms with Gasteiger partial charge in [0, 0.05) is 6.54 Å². The highest BCUT2D eigenvalue weighted by molar-refractivity contribution is 5.92. The number of nitrogens with one attached hydrogen (secondary N) is 3. The molecule has 3 atom stereocenters. The molecule has 0 aliphatic carbocycles. The summed E-state index contributed by atoms with van der Waals surface area (Å²) in [6.45, 7) is 3.82. The lowest BCUT2D eigenvalue weighted by Crippen LogP contribution is -2.54. The normalized spacial score (nSPS) is 13.5. The van der Waals surface area contributed by atoms with Crippen LogP contribution in [0.1, 0.15) is 46.0 Å². The van der Waals surface area contributed by atoms with Crippen LogP contribution in [-0.2, 0) is 19.2 Å². The maximum atomic E-state index is 12.7. The van der Waals surface area contributed by atoms with E-state index in [9.17, 15) is 24.3 Å². The van der Waals surface area contributed by atoms with E-state index < -0.39 is 41.8 Å². The average molecular weight is 459 g/mol. The highest BCUT2D eigenvalue weighted by Gasteiger charge is 2.26. The van der Waals surface area contributed by atoms with E-state index in [-0.39, 0.29) is 37.8 Å². The van der Waals surface area contributed by atoms with Crippen LogP contribution in [0.15, 0.2) is 4.99 Å². The highest BCUT2D eigenvalue weighted by atomic mass is 16.4. The van der Waals surface area contributed by atoms with E-state index in [4.69, 9.17) is 22.9 Å². The predicted octanol–water partition coefficient (Wildman–Crippen LogP) is -2.68. The highest BCUT2D eigenvalue weighted by Crippen LogP contribution is 2.04. The first kappa shape index (κ1) is 29.1. The van der Waals surface area contributed by atoms with Gasteiger partial charge in [-0.2, -0.15) is 0 Å². The van der Waals surface area contributed by atoms with Crippen molar-refractivity contribution in [3.05, 3.63) is 0 Å². The zero-order valence-corrected chi connectivity index (χ0v) is 18.8. The van der Waals surface area contributed by atoms with Crippen LogP contribution in [0.4, 0.5) is 0 Å². The Hall–Kier alpha value is -2.93. The summed E-state index contributed by atoms with van der Waals surface area (Å²) in [5, 5.41) is 16.8. The van der Waals surface area contributed by atoms with E-state index in [0.717, 1.165) is 0 Å². The van der Waals surface area contributed by atoms with Gasteiger partial charge in [-0.1, -0.05) is 13.8 Å². The SMILES string of the molecule is CC(C)C(N)C(=O)NCC(=O)NC(CCCCN)C(=O)NC(CCCN=C(N)N)C(=O)O. The zero-order chi connectivity index (χ0) is 24.7. The quantitative estimate of drug-likeness (QED) is 0.0681. The molecule has 13 nitrogen and oxygen atoms in total. The first-order chi connectivity index (χ1) is 15.0. The number of rotatable bonds is 16. The second kappa shape index (κ2) is 15.8. The van der Waals surface area contributed by atoms with Gasteiger partial charge in [0.05, 0.1) is 12.6 Å². The minimum absolute atomic E-state index is 0.102. The van der Waals surface area contributed by atoms with Crippen LogP contribution >= 0.6 is 0 Å². The first-order valence-electron chi connectivity index (χ1n) is 10.6. The van der Waals surface area contributed by atoms with Gasteiger partial charge in [0.15, 0.2) is 5.96 Å². The van der Waals surface area contributed by atoms with Gasteiger partial charge in [-0.25, -0.2) is 4.79 Å². The summed E-state index contributed by atoms with van der Waals surface area (Å²) < 4.78 is 0. The zero-order valence-electron chi connectivity index (χ0n) is 18.8. The Kier molecular flexibility index (Phi) is 14.4. The molecular weight excluding hydrogens is 420 g/mol. The van der Waals surface area contributed by atoms with Crippen molar-refractivity contribution in [3.63, 3.8) is 0 Å². The van der Waals surface area contributed by atoms with Crippen molar-refractivity contribution in [1.82, 2.24) is 16.0 Å². The van der Waals surface area contributed by atoms with Crippen LogP contribution in [0, 0.1) is 5.92 Å². The van der Waals surface area contributed by atoms with Crippen LogP contribution in [0.25, 0.3) is 0 Å². The van der Waals surface area contributed by atoms with E-state index in [0.29, 0.717) is 25.8 Å². The summed E-state index contributed by atoms with van der Waals surface area (Å²) in [6.07, 6.45) is 1.86. The van der Waals surface area contributed by atoms with E-state index in [1.54, 1.807) is 13.8 Å². The van der Waals surface area contributed by atoms with Gasteiger partial charge >= 0.3 is 5.97 Å². The van der Waals surface area contributed by atoms with Crippen molar-refractivity contribution in [2.24, 2.45) is 33.8 Å². The number of amides is 3. The van der Waals surface area contributed by atoms with Gasteiger partial charge in [-0.05, 0) is 44.6 Å². The number of carbonyl (C=O) groups excluding carboxylic acids is 3. The Morgan fingerprint density at radius 3 is 2.09 bits per heavy atom. The third-order valence-electron chi connectivity index (χ3n) is 4.60. The average Bonchev–Trinajstić information content (AvgIpc) is 2.72. The molecular formula is C19H38N8O5. The van der Waals surface area contributed by atoms with Gasteiger partial charge in [-0.15, -0.1) is 0 Å². The van der Waals surface area contributed by atoms with E-state index in [1.165, 1.54) is 0 Å². The molecule has 0 saturated heterocycles. The second-order valence-corrected chi connectivity index (χ2v) is 7.74. The molecule has 0 heterocycles. The predicted molar refractivity (Wildman–Crippen MR) is 120 cm³/mol. The fraction of sp³-hybridized carbons (Fsp3) is 0.737. The van der Waals surface area contributed by atoms with Crippen LogP contribution in [0.5, 0.6) is 0 Å². The van der Waals surface area contributed by atoms with Crippen molar-refractivity contribution in [3.8, 4) is 0 Å². The summed E-state index contributed by atoms with van der Waals surface area (Å²) in [4.78, 5) is 52.1. The lowest BCUT2D eigenvalue weighted by Gasteiger charge is -2.22.